The van der Waals surface area contributed by atoms with Crippen LogP contribution >= 0.6 is 0 Å². The number of carboxylic acid groups (broad SMARTS) is 1. The van der Waals surface area contributed by atoms with Gasteiger partial charge < -0.3 is 10.4 Å². The van der Waals surface area contributed by atoms with Crippen molar-refractivity contribution in [1.82, 2.24) is 5.32 Å². The summed E-state index contributed by atoms with van der Waals surface area (Å²) in [6.07, 6.45) is -4.66. The zero-order chi connectivity index (χ0) is 10.1. The maximum absolute atomic E-state index is 12.2. The van der Waals surface area contributed by atoms with Gasteiger partial charge in [-0.1, -0.05) is 0 Å². The van der Waals surface area contributed by atoms with Gasteiger partial charge in [-0.25, -0.2) is 0 Å². The summed E-state index contributed by atoms with van der Waals surface area (Å²) >= 11 is 0. The average molecular weight is 197 g/mol. The largest absolute Gasteiger partial charge is 0.480 e. The number of hydrogen-bond acceptors (Lipinski definition) is 2. The van der Waals surface area contributed by atoms with E-state index in [4.69, 9.17) is 5.11 Å². The first kappa shape index (κ1) is 10.3. The number of piperidine rings is 1. The Balaban J connectivity index is 2.57. The van der Waals surface area contributed by atoms with Crippen molar-refractivity contribution in [2.45, 2.75) is 25.1 Å². The standard InChI is InChI=1S/C7H10F3NO2/c8-7(9,10)4-1-2-11-5(3-4)6(12)13/h4-5,11H,1-3H2,(H,12,13)/t4-,5-/m0/s1. The lowest BCUT2D eigenvalue weighted by molar-refractivity contribution is -0.184. The number of aliphatic carboxylic acids is 1. The Morgan fingerprint density at radius 1 is 1.46 bits per heavy atom. The Morgan fingerprint density at radius 3 is 2.54 bits per heavy atom. The van der Waals surface area contributed by atoms with E-state index in [1.165, 1.54) is 0 Å². The molecule has 0 unspecified atom stereocenters. The first-order chi connectivity index (χ1) is 5.91. The molecule has 1 rings (SSSR count). The van der Waals surface area contributed by atoms with Crippen molar-refractivity contribution < 1.29 is 23.1 Å². The SMILES string of the molecule is O=C(O)[C@@H]1C[C@@H](C(F)(F)F)CCN1. The van der Waals surface area contributed by atoms with E-state index in [0.29, 0.717) is 0 Å². The van der Waals surface area contributed by atoms with E-state index in [1.54, 1.807) is 0 Å². The van der Waals surface area contributed by atoms with Crippen LogP contribution in [-0.4, -0.2) is 29.8 Å². The van der Waals surface area contributed by atoms with Crippen molar-refractivity contribution in [3.63, 3.8) is 0 Å². The summed E-state index contributed by atoms with van der Waals surface area (Å²) in [7, 11) is 0. The molecule has 76 valence electrons. The maximum Gasteiger partial charge on any atom is 0.391 e. The van der Waals surface area contributed by atoms with Crippen molar-refractivity contribution >= 4 is 5.97 Å². The fourth-order valence-corrected chi connectivity index (χ4v) is 1.40. The lowest BCUT2D eigenvalue weighted by Crippen LogP contribution is -2.46. The van der Waals surface area contributed by atoms with Crippen molar-refractivity contribution in [2.75, 3.05) is 6.54 Å². The molecule has 1 fully saturated rings. The highest BCUT2D eigenvalue weighted by Crippen LogP contribution is 2.33. The molecule has 3 nitrogen and oxygen atoms in total. The topological polar surface area (TPSA) is 49.3 Å². The van der Waals surface area contributed by atoms with Crippen LogP contribution in [0.1, 0.15) is 12.8 Å². The van der Waals surface area contributed by atoms with E-state index >= 15 is 0 Å². The zero-order valence-electron chi connectivity index (χ0n) is 6.77. The van der Waals surface area contributed by atoms with Gasteiger partial charge in [0.25, 0.3) is 0 Å². The van der Waals surface area contributed by atoms with Crippen LogP contribution in [0.5, 0.6) is 0 Å². The molecule has 2 N–H and O–H groups in total. The fraction of sp³-hybridized carbons (Fsp3) is 0.857. The lowest BCUT2D eigenvalue weighted by atomic mass is 9.92. The minimum atomic E-state index is -4.27. The predicted octanol–water partition coefficient (Wildman–Crippen LogP) is 1.00. The minimum absolute atomic E-state index is 0.0344. The molecule has 13 heavy (non-hydrogen) atoms. The molecule has 0 aromatic heterocycles. The minimum Gasteiger partial charge on any atom is -0.480 e. The van der Waals surface area contributed by atoms with Gasteiger partial charge in [0.05, 0.1) is 5.92 Å². The second-order valence-electron chi connectivity index (χ2n) is 3.11. The Morgan fingerprint density at radius 2 is 2.08 bits per heavy atom. The maximum atomic E-state index is 12.2. The van der Waals surface area contributed by atoms with Gasteiger partial charge in [0, 0.05) is 0 Å². The quantitative estimate of drug-likeness (QED) is 0.659. The normalized spacial score (nSPS) is 30.1. The number of hydrogen-bond donors (Lipinski definition) is 2. The third kappa shape index (κ3) is 2.58. The number of rotatable bonds is 1. The number of carboxylic acids is 1. The summed E-state index contributed by atoms with van der Waals surface area (Å²) in [6, 6.07) is -1.06. The van der Waals surface area contributed by atoms with Crippen molar-refractivity contribution in [3.8, 4) is 0 Å². The smallest absolute Gasteiger partial charge is 0.391 e. The van der Waals surface area contributed by atoms with Crippen molar-refractivity contribution in [1.29, 1.82) is 0 Å². The molecule has 0 radical (unpaired) electrons. The monoisotopic (exact) mass is 197 g/mol. The van der Waals surface area contributed by atoms with Gasteiger partial charge in [0.2, 0.25) is 0 Å². The molecule has 0 spiro atoms. The highest BCUT2D eigenvalue weighted by Gasteiger charge is 2.43. The summed E-state index contributed by atoms with van der Waals surface area (Å²) in [5.41, 5.74) is 0. The fourth-order valence-electron chi connectivity index (χ4n) is 1.40. The molecule has 1 aliphatic rings. The van der Waals surface area contributed by atoms with Gasteiger partial charge in [-0.2, -0.15) is 13.2 Å². The molecular weight excluding hydrogens is 187 g/mol. The number of carbonyl (C=O) groups is 1. The molecule has 1 saturated heterocycles. The second-order valence-corrected chi connectivity index (χ2v) is 3.11. The molecule has 1 aliphatic heterocycles. The van der Waals surface area contributed by atoms with Gasteiger partial charge in [0.15, 0.2) is 0 Å². The van der Waals surface area contributed by atoms with E-state index in [1.807, 2.05) is 0 Å². The van der Waals surface area contributed by atoms with Gasteiger partial charge >= 0.3 is 12.1 Å². The van der Waals surface area contributed by atoms with Crippen LogP contribution in [0.15, 0.2) is 0 Å². The van der Waals surface area contributed by atoms with Gasteiger partial charge in [-0.05, 0) is 19.4 Å². The first-order valence-corrected chi connectivity index (χ1v) is 3.94. The Kier molecular flexibility index (Phi) is 2.80. The molecule has 2 atom stereocenters. The van der Waals surface area contributed by atoms with Crippen LogP contribution < -0.4 is 5.32 Å². The molecule has 0 amide bonds. The Hall–Kier alpha value is -0.780. The zero-order valence-corrected chi connectivity index (χ0v) is 6.77. The van der Waals surface area contributed by atoms with Crippen LogP contribution in [0, 0.1) is 5.92 Å². The Labute approximate surface area is 72.9 Å². The molecule has 6 heteroatoms. The molecule has 0 aliphatic carbocycles. The molecule has 0 aromatic rings. The summed E-state index contributed by atoms with van der Waals surface area (Å²) in [6.45, 7) is 0.112. The van der Waals surface area contributed by atoms with Crippen LogP contribution in [-0.2, 0) is 4.79 Å². The lowest BCUT2D eigenvalue weighted by Gasteiger charge is -2.29. The third-order valence-corrected chi connectivity index (χ3v) is 2.16. The van der Waals surface area contributed by atoms with E-state index < -0.39 is 24.1 Å². The van der Waals surface area contributed by atoms with Crippen LogP contribution in [0.25, 0.3) is 0 Å². The van der Waals surface area contributed by atoms with E-state index in [0.717, 1.165) is 0 Å². The van der Waals surface area contributed by atoms with Crippen LogP contribution in [0.2, 0.25) is 0 Å². The predicted molar refractivity (Wildman–Crippen MR) is 38.2 cm³/mol. The van der Waals surface area contributed by atoms with E-state index in [2.05, 4.69) is 5.32 Å². The summed E-state index contributed by atoms with van der Waals surface area (Å²) < 4.78 is 36.5. The second kappa shape index (κ2) is 3.53. The Bertz CT molecular complexity index is 204. The molecular formula is C7H10F3NO2. The number of nitrogens with one attached hydrogen (secondary N) is 1. The molecule has 0 aromatic carbocycles. The number of halogens is 3. The molecule has 1 heterocycles. The van der Waals surface area contributed by atoms with Gasteiger partial charge in [-0.3, -0.25) is 4.79 Å². The summed E-state index contributed by atoms with van der Waals surface area (Å²) in [4.78, 5) is 10.4. The van der Waals surface area contributed by atoms with Gasteiger partial charge in [0.1, 0.15) is 6.04 Å². The van der Waals surface area contributed by atoms with Crippen LogP contribution in [0.3, 0.4) is 0 Å². The number of alkyl halides is 3. The summed E-state index contributed by atoms with van der Waals surface area (Å²) in [5, 5.41) is 11.0. The van der Waals surface area contributed by atoms with E-state index in [-0.39, 0.29) is 19.4 Å². The van der Waals surface area contributed by atoms with Crippen molar-refractivity contribution in [2.24, 2.45) is 5.92 Å². The summed E-state index contributed by atoms with van der Waals surface area (Å²) in [5.74, 6) is -2.69. The molecule has 0 bridgehead atoms. The van der Waals surface area contributed by atoms with E-state index in [9.17, 15) is 18.0 Å². The van der Waals surface area contributed by atoms with Crippen molar-refractivity contribution in [3.05, 3.63) is 0 Å². The average Bonchev–Trinajstić information content (AvgIpc) is 2.03. The van der Waals surface area contributed by atoms with Gasteiger partial charge in [-0.15, -0.1) is 0 Å². The molecule has 0 saturated carbocycles. The first-order valence-electron chi connectivity index (χ1n) is 3.94. The highest BCUT2D eigenvalue weighted by atomic mass is 19.4. The highest BCUT2D eigenvalue weighted by molar-refractivity contribution is 5.73. The third-order valence-electron chi connectivity index (χ3n) is 2.16. The van der Waals surface area contributed by atoms with Crippen LogP contribution in [0.4, 0.5) is 13.2 Å².